The van der Waals surface area contributed by atoms with Crippen LogP contribution in [0.3, 0.4) is 0 Å². The van der Waals surface area contributed by atoms with Crippen molar-refractivity contribution in [2.24, 2.45) is 0 Å². The molecule has 1 aliphatic carbocycles. The van der Waals surface area contributed by atoms with Gasteiger partial charge in [0.2, 0.25) is 11.3 Å². The minimum Gasteiger partial charge on any atom is -0.384 e. The van der Waals surface area contributed by atoms with Gasteiger partial charge < -0.3 is 25.7 Å². The van der Waals surface area contributed by atoms with E-state index in [9.17, 15) is 14.4 Å². The summed E-state index contributed by atoms with van der Waals surface area (Å²) < 4.78 is 7.30. The maximum atomic E-state index is 13.0. The zero-order valence-corrected chi connectivity index (χ0v) is 23.1. The highest BCUT2D eigenvalue weighted by atomic mass is 35.5. The number of hydrogen-bond acceptors (Lipinski definition) is 7. The molecule has 1 unspecified atom stereocenters. The lowest BCUT2D eigenvalue weighted by molar-refractivity contribution is -0.121. The summed E-state index contributed by atoms with van der Waals surface area (Å²) in [6, 6.07) is 12.0. The van der Waals surface area contributed by atoms with Crippen LogP contribution < -0.4 is 21.8 Å². The molecular formula is C28H35ClN6O4. The summed E-state index contributed by atoms with van der Waals surface area (Å²) in [6.45, 7) is 5.29. The number of aromatic nitrogens is 2. The van der Waals surface area contributed by atoms with E-state index in [2.05, 4.69) is 15.5 Å². The monoisotopic (exact) mass is 554 g/mol. The topological polar surface area (TPSA) is 132 Å². The highest BCUT2D eigenvalue weighted by molar-refractivity contribution is 6.01. The third-order valence-corrected chi connectivity index (χ3v) is 7.36. The number of carbonyl (C=O) groups excluding carboxylic acids is 2. The molecule has 1 aromatic carbocycles. The number of amides is 2. The predicted octanol–water partition coefficient (Wildman–Crippen LogP) is 1.97. The molecule has 208 valence electrons. The normalized spacial score (nSPS) is 17.4. The van der Waals surface area contributed by atoms with Crippen LogP contribution in [-0.4, -0.2) is 71.7 Å². The molecular weight excluding hydrogens is 520 g/mol. The van der Waals surface area contributed by atoms with Crippen LogP contribution in [0.2, 0.25) is 0 Å². The third kappa shape index (κ3) is 5.93. The first kappa shape index (κ1) is 28.5. The molecule has 3 aromatic rings. The molecule has 3 heterocycles. The molecule has 39 heavy (non-hydrogen) atoms. The van der Waals surface area contributed by atoms with Crippen LogP contribution in [0, 0.1) is 0 Å². The van der Waals surface area contributed by atoms with E-state index in [-0.39, 0.29) is 42.2 Å². The Morgan fingerprint density at radius 1 is 1.15 bits per heavy atom. The Balaban J connectivity index is 0.00000353. The Labute approximate surface area is 233 Å². The predicted molar refractivity (Wildman–Crippen MR) is 153 cm³/mol. The molecule has 2 amide bonds. The van der Waals surface area contributed by atoms with Gasteiger partial charge in [-0.15, -0.1) is 12.4 Å². The van der Waals surface area contributed by atoms with E-state index in [1.807, 2.05) is 31.2 Å². The van der Waals surface area contributed by atoms with Gasteiger partial charge in [-0.25, -0.2) is 4.98 Å². The van der Waals surface area contributed by atoms with Gasteiger partial charge in [0.1, 0.15) is 17.0 Å². The molecule has 2 fully saturated rings. The number of fused-ring (bicyclic) bond motifs is 1. The number of halogens is 1. The number of hydrogen-bond donors (Lipinski definition) is 3. The fourth-order valence-electron chi connectivity index (χ4n) is 5.16. The Hall–Kier alpha value is -3.47. The van der Waals surface area contributed by atoms with E-state index in [1.165, 1.54) is 19.9 Å². The summed E-state index contributed by atoms with van der Waals surface area (Å²) in [6.07, 6.45) is 2.77. The van der Waals surface area contributed by atoms with Gasteiger partial charge in [0.05, 0.1) is 36.8 Å². The summed E-state index contributed by atoms with van der Waals surface area (Å²) >= 11 is 0. The number of carbonyl (C=O) groups is 2. The van der Waals surface area contributed by atoms with Crippen molar-refractivity contribution in [1.82, 2.24) is 25.1 Å². The number of nitrogens with zero attached hydrogens (tertiary/aromatic N) is 3. The van der Waals surface area contributed by atoms with Crippen LogP contribution in [0.5, 0.6) is 0 Å². The second-order valence-electron chi connectivity index (χ2n) is 9.86. The molecule has 0 spiro atoms. The first-order valence-electron chi connectivity index (χ1n) is 13.2. The van der Waals surface area contributed by atoms with Crippen LogP contribution in [0.1, 0.15) is 35.7 Å². The Morgan fingerprint density at radius 2 is 1.90 bits per heavy atom. The summed E-state index contributed by atoms with van der Waals surface area (Å²) in [7, 11) is 1.46. The van der Waals surface area contributed by atoms with Crippen LogP contribution in [0.25, 0.3) is 22.3 Å². The molecule has 2 aliphatic rings. The molecule has 1 aliphatic heterocycles. The van der Waals surface area contributed by atoms with Crippen LogP contribution in [0.15, 0.2) is 41.2 Å². The first-order chi connectivity index (χ1) is 18.4. The highest BCUT2D eigenvalue weighted by Crippen LogP contribution is 2.29. The number of pyridine rings is 2. The van der Waals surface area contributed by atoms with Gasteiger partial charge in [-0.05, 0) is 37.5 Å². The van der Waals surface area contributed by atoms with Crippen molar-refractivity contribution in [2.45, 2.75) is 44.8 Å². The van der Waals surface area contributed by atoms with Gasteiger partial charge in [0.25, 0.3) is 5.91 Å². The van der Waals surface area contributed by atoms with Gasteiger partial charge >= 0.3 is 0 Å². The fraction of sp³-hybridized carbons (Fsp3) is 0.429. The second kappa shape index (κ2) is 12.1. The molecule has 10 nitrogen and oxygen atoms in total. The Kier molecular flexibility index (Phi) is 8.89. The van der Waals surface area contributed by atoms with Crippen molar-refractivity contribution in [1.29, 1.82) is 0 Å². The number of nitrogen functional groups attached to an aromatic ring is 1. The molecule has 1 saturated heterocycles. The molecule has 2 aromatic heterocycles. The van der Waals surface area contributed by atoms with Gasteiger partial charge in [-0.1, -0.05) is 24.3 Å². The number of nitrogens with two attached hydrogens (primary N) is 1. The molecule has 0 bridgehead atoms. The zero-order valence-electron chi connectivity index (χ0n) is 22.2. The second-order valence-corrected chi connectivity index (χ2v) is 9.86. The quantitative estimate of drug-likeness (QED) is 0.388. The first-order valence-corrected chi connectivity index (χ1v) is 13.2. The lowest BCUT2D eigenvalue weighted by Gasteiger charge is -2.35. The Morgan fingerprint density at radius 3 is 2.56 bits per heavy atom. The molecule has 11 heteroatoms. The average molecular weight is 555 g/mol. The zero-order chi connectivity index (χ0) is 26.8. The number of anilines is 1. The summed E-state index contributed by atoms with van der Waals surface area (Å²) in [5, 5.41) is 5.89. The lowest BCUT2D eigenvalue weighted by Crippen LogP contribution is -2.52. The molecule has 5 rings (SSSR count). The smallest absolute Gasteiger partial charge is 0.258 e. The van der Waals surface area contributed by atoms with E-state index in [0.29, 0.717) is 42.5 Å². The summed E-state index contributed by atoms with van der Waals surface area (Å²) in [5.41, 5.74) is 8.53. The third-order valence-electron chi connectivity index (χ3n) is 7.36. The van der Waals surface area contributed by atoms with Crippen molar-refractivity contribution in [3.8, 4) is 11.3 Å². The van der Waals surface area contributed by atoms with Crippen molar-refractivity contribution < 1.29 is 14.3 Å². The Bertz CT molecular complexity index is 1420. The average Bonchev–Trinajstić information content (AvgIpc) is 3.78. The van der Waals surface area contributed by atoms with E-state index in [1.54, 1.807) is 16.7 Å². The van der Waals surface area contributed by atoms with Gasteiger partial charge in [0, 0.05) is 38.3 Å². The standard InChI is InChI=1S/C28H34N6O4.ClH/c1-3-33-26(29)24(28(37)30-2)25(36)21-10-11-22(32-27(21)33)18-6-4-17(5-7-18)14-23(35)31-15-20-16-38-13-12-34(20)19-8-9-19;/h4-7,10-11,19-20H,3,8-9,12-16,29H2,1-2H3,(H,30,37)(H,31,35);1H. The van der Waals surface area contributed by atoms with Gasteiger partial charge in [-0.2, -0.15) is 0 Å². The lowest BCUT2D eigenvalue weighted by atomic mass is 10.0. The van der Waals surface area contributed by atoms with E-state index >= 15 is 0 Å². The van der Waals surface area contributed by atoms with Crippen molar-refractivity contribution in [2.75, 3.05) is 39.1 Å². The SMILES string of the molecule is CCn1c(N)c(C(=O)NC)c(=O)c2ccc(-c3ccc(CC(=O)NCC4COCCN4C4CC4)cc3)nc21.Cl. The maximum Gasteiger partial charge on any atom is 0.258 e. The van der Waals surface area contributed by atoms with E-state index < -0.39 is 11.3 Å². The summed E-state index contributed by atoms with van der Waals surface area (Å²) in [5.74, 6) is -0.444. The fourth-order valence-corrected chi connectivity index (χ4v) is 5.16. The highest BCUT2D eigenvalue weighted by Gasteiger charge is 2.35. The van der Waals surface area contributed by atoms with Crippen LogP contribution >= 0.6 is 12.4 Å². The molecule has 1 atom stereocenters. The number of ether oxygens (including phenoxy) is 1. The number of rotatable bonds is 8. The van der Waals surface area contributed by atoms with Gasteiger partial charge in [-0.3, -0.25) is 19.3 Å². The van der Waals surface area contributed by atoms with Crippen molar-refractivity contribution in [3.05, 3.63) is 57.7 Å². The summed E-state index contributed by atoms with van der Waals surface area (Å²) in [4.78, 5) is 45.1. The van der Waals surface area contributed by atoms with Crippen LogP contribution in [-0.2, 0) is 22.5 Å². The molecule has 0 radical (unpaired) electrons. The number of aryl methyl sites for hydroxylation is 1. The van der Waals surface area contributed by atoms with Crippen molar-refractivity contribution in [3.63, 3.8) is 0 Å². The van der Waals surface area contributed by atoms with Crippen LogP contribution in [0.4, 0.5) is 5.82 Å². The molecule has 1 saturated carbocycles. The largest absolute Gasteiger partial charge is 0.384 e. The van der Waals surface area contributed by atoms with Gasteiger partial charge in [0.15, 0.2) is 0 Å². The number of benzene rings is 1. The van der Waals surface area contributed by atoms with E-state index in [0.717, 1.165) is 24.3 Å². The van der Waals surface area contributed by atoms with E-state index in [4.69, 9.17) is 15.5 Å². The minimum absolute atomic E-state index is 0. The minimum atomic E-state index is -0.521. The molecule has 4 N–H and O–H groups in total. The van der Waals surface area contributed by atoms with Crippen molar-refractivity contribution >= 4 is 41.1 Å². The maximum absolute atomic E-state index is 13.0. The number of nitrogens with one attached hydrogen (secondary N) is 2. The number of morpholine rings is 1.